The fraction of sp³-hybridized carbons (Fsp3) is 0.318. The molecule has 1 unspecified atom stereocenters. The molecule has 0 aliphatic rings. The molecule has 0 bridgehead atoms. The van der Waals surface area contributed by atoms with Crippen LogP contribution in [0, 0.1) is 13.8 Å². The fourth-order valence-electron chi connectivity index (χ4n) is 3.39. The number of H-pyrrole nitrogens is 1. The van der Waals surface area contributed by atoms with E-state index in [9.17, 15) is 4.79 Å². The Morgan fingerprint density at radius 2 is 1.92 bits per heavy atom. The Morgan fingerprint density at radius 1 is 1.16 bits per heavy atom. The molecular formula is C22H26N2O. The lowest BCUT2D eigenvalue weighted by Crippen LogP contribution is -2.30. The number of nitrogens with zero attached hydrogens (tertiary/aromatic N) is 1. The van der Waals surface area contributed by atoms with E-state index in [2.05, 4.69) is 56.1 Å². The van der Waals surface area contributed by atoms with E-state index in [1.807, 2.05) is 30.3 Å². The number of hydrogen-bond acceptors (Lipinski definition) is 1. The second-order valence-electron chi connectivity index (χ2n) is 6.90. The largest absolute Gasteiger partial charge is 0.361 e. The Hall–Kier alpha value is -2.55. The van der Waals surface area contributed by atoms with E-state index in [1.54, 1.807) is 0 Å². The van der Waals surface area contributed by atoms with E-state index in [1.165, 1.54) is 27.6 Å². The number of aryl methyl sites for hydroxylation is 3. The molecule has 0 spiro atoms. The number of amides is 1. The molecule has 1 N–H and O–H groups in total. The molecule has 0 aliphatic carbocycles. The molecule has 0 aliphatic heterocycles. The van der Waals surface area contributed by atoms with Crippen molar-refractivity contribution in [3.8, 4) is 0 Å². The van der Waals surface area contributed by atoms with E-state index < -0.39 is 0 Å². The molecular weight excluding hydrogens is 308 g/mol. The third-order valence-corrected chi connectivity index (χ3v) is 5.14. The zero-order valence-corrected chi connectivity index (χ0v) is 15.5. The average Bonchev–Trinajstić information content (AvgIpc) is 3.03. The fourth-order valence-corrected chi connectivity index (χ4v) is 3.39. The molecule has 3 heteroatoms. The third kappa shape index (κ3) is 3.60. The highest BCUT2D eigenvalue weighted by molar-refractivity contribution is 5.84. The minimum Gasteiger partial charge on any atom is -0.361 e. The van der Waals surface area contributed by atoms with Crippen LogP contribution in [0.1, 0.15) is 41.6 Å². The quantitative estimate of drug-likeness (QED) is 0.705. The van der Waals surface area contributed by atoms with Crippen LogP contribution < -0.4 is 0 Å². The van der Waals surface area contributed by atoms with E-state index in [-0.39, 0.29) is 11.9 Å². The molecule has 2 aromatic carbocycles. The van der Waals surface area contributed by atoms with Crippen molar-refractivity contribution in [1.82, 2.24) is 9.88 Å². The number of carbonyl (C=O) groups excluding carboxylic acids is 1. The van der Waals surface area contributed by atoms with E-state index in [0.717, 1.165) is 11.9 Å². The first-order valence-electron chi connectivity index (χ1n) is 8.85. The summed E-state index contributed by atoms with van der Waals surface area (Å²) in [6.45, 7) is 6.30. The van der Waals surface area contributed by atoms with Gasteiger partial charge in [0, 0.05) is 30.6 Å². The van der Waals surface area contributed by atoms with Gasteiger partial charge in [0.25, 0.3) is 0 Å². The van der Waals surface area contributed by atoms with Gasteiger partial charge in [-0.05, 0) is 49.9 Å². The van der Waals surface area contributed by atoms with Gasteiger partial charge >= 0.3 is 0 Å². The average molecular weight is 334 g/mol. The van der Waals surface area contributed by atoms with Gasteiger partial charge in [0.2, 0.25) is 5.91 Å². The van der Waals surface area contributed by atoms with Gasteiger partial charge in [-0.15, -0.1) is 0 Å². The molecule has 0 fully saturated rings. The number of nitrogens with one attached hydrogen (secondary N) is 1. The molecule has 1 atom stereocenters. The SMILES string of the molecule is Cc1ccc(C)c(C(C)N(C)C(=O)CCc2c[nH]c3ccccc23)c1. The van der Waals surface area contributed by atoms with Crippen LogP contribution in [-0.2, 0) is 11.2 Å². The monoisotopic (exact) mass is 334 g/mol. The summed E-state index contributed by atoms with van der Waals surface area (Å²) in [7, 11) is 1.91. The maximum Gasteiger partial charge on any atom is 0.223 e. The van der Waals surface area contributed by atoms with Crippen molar-refractivity contribution >= 4 is 16.8 Å². The summed E-state index contributed by atoms with van der Waals surface area (Å²) in [6, 6.07) is 14.7. The Balaban J connectivity index is 1.69. The molecule has 3 aromatic rings. The van der Waals surface area contributed by atoms with Gasteiger partial charge in [0.15, 0.2) is 0 Å². The number of carbonyl (C=O) groups is 1. The van der Waals surface area contributed by atoms with Crippen molar-refractivity contribution in [2.24, 2.45) is 0 Å². The van der Waals surface area contributed by atoms with Crippen LogP contribution in [0.25, 0.3) is 10.9 Å². The lowest BCUT2D eigenvalue weighted by atomic mass is 9.98. The first-order valence-corrected chi connectivity index (χ1v) is 8.85. The molecule has 3 nitrogen and oxygen atoms in total. The summed E-state index contributed by atoms with van der Waals surface area (Å²) in [5.41, 5.74) is 6.02. The number of hydrogen-bond donors (Lipinski definition) is 1. The van der Waals surface area contributed by atoms with Crippen molar-refractivity contribution in [1.29, 1.82) is 0 Å². The van der Waals surface area contributed by atoms with Crippen LogP contribution in [0.4, 0.5) is 0 Å². The first-order chi connectivity index (χ1) is 12.0. The lowest BCUT2D eigenvalue weighted by Gasteiger charge is -2.27. The van der Waals surface area contributed by atoms with Crippen molar-refractivity contribution in [2.75, 3.05) is 7.05 Å². The number of aromatic amines is 1. The normalized spacial score (nSPS) is 12.3. The zero-order chi connectivity index (χ0) is 18.0. The van der Waals surface area contributed by atoms with Crippen molar-refractivity contribution in [2.45, 2.75) is 39.7 Å². The van der Waals surface area contributed by atoms with Crippen LogP contribution in [0.5, 0.6) is 0 Å². The standard InChI is InChI=1S/C22H26N2O/c1-15-9-10-16(2)20(13-15)17(3)24(4)22(25)12-11-18-14-23-21-8-6-5-7-19(18)21/h5-10,13-14,17,23H,11-12H2,1-4H3. The molecule has 3 rings (SSSR count). The van der Waals surface area contributed by atoms with Crippen LogP contribution in [-0.4, -0.2) is 22.8 Å². The highest BCUT2D eigenvalue weighted by atomic mass is 16.2. The highest BCUT2D eigenvalue weighted by Crippen LogP contribution is 2.25. The number of fused-ring (bicyclic) bond motifs is 1. The molecule has 1 aromatic heterocycles. The highest BCUT2D eigenvalue weighted by Gasteiger charge is 2.19. The minimum atomic E-state index is 0.0790. The van der Waals surface area contributed by atoms with E-state index in [4.69, 9.17) is 0 Å². The lowest BCUT2D eigenvalue weighted by molar-refractivity contribution is -0.131. The van der Waals surface area contributed by atoms with Crippen LogP contribution in [0.3, 0.4) is 0 Å². The molecule has 0 saturated heterocycles. The van der Waals surface area contributed by atoms with Gasteiger partial charge in [-0.25, -0.2) is 0 Å². The van der Waals surface area contributed by atoms with Crippen molar-refractivity contribution < 1.29 is 4.79 Å². The summed E-state index contributed by atoms with van der Waals surface area (Å²) in [5, 5.41) is 1.21. The van der Waals surface area contributed by atoms with E-state index >= 15 is 0 Å². The summed E-state index contributed by atoms with van der Waals surface area (Å²) in [6.07, 6.45) is 3.30. The molecule has 0 radical (unpaired) electrons. The van der Waals surface area contributed by atoms with Crippen molar-refractivity contribution in [3.05, 3.63) is 70.9 Å². The second kappa shape index (κ2) is 7.14. The summed E-state index contributed by atoms with van der Waals surface area (Å²) < 4.78 is 0. The van der Waals surface area contributed by atoms with Crippen LogP contribution >= 0.6 is 0 Å². The van der Waals surface area contributed by atoms with Gasteiger partial charge in [0.05, 0.1) is 6.04 Å². The molecule has 1 heterocycles. The second-order valence-corrected chi connectivity index (χ2v) is 6.90. The molecule has 25 heavy (non-hydrogen) atoms. The summed E-state index contributed by atoms with van der Waals surface area (Å²) in [4.78, 5) is 17.9. The molecule has 1 amide bonds. The van der Waals surface area contributed by atoms with Gasteiger partial charge < -0.3 is 9.88 Å². The Kier molecular flexibility index (Phi) is 4.93. The minimum absolute atomic E-state index is 0.0790. The Morgan fingerprint density at radius 3 is 2.72 bits per heavy atom. The summed E-state index contributed by atoms with van der Waals surface area (Å²) in [5.74, 6) is 0.179. The zero-order valence-electron chi connectivity index (χ0n) is 15.5. The van der Waals surface area contributed by atoms with Gasteiger partial charge in [-0.2, -0.15) is 0 Å². The van der Waals surface area contributed by atoms with Gasteiger partial charge in [-0.3, -0.25) is 4.79 Å². The smallest absolute Gasteiger partial charge is 0.223 e. The molecule has 130 valence electrons. The first kappa shape index (κ1) is 17.3. The van der Waals surface area contributed by atoms with Crippen molar-refractivity contribution in [3.63, 3.8) is 0 Å². The maximum absolute atomic E-state index is 12.7. The predicted molar refractivity (Wildman–Crippen MR) is 104 cm³/mol. The maximum atomic E-state index is 12.7. The third-order valence-electron chi connectivity index (χ3n) is 5.14. The van der Waals surface area contributed by atoms with Gasteiger partial charge in [-0.1, -0.05) is 42.0 Å². The van der Waals surface area contributed by atoms with E-state index in [0.29, 0.717) is 6.42 Å². The number of para-hydroxylation sites is 1. The topological polar surface area (TPSA) is 36.1 Å². The predicted octanol–water partition coefficient (Wildman–Crippen LogP) is 4.94. The Labute approximate surface area is 149 Å². The number of aromatic nitrogens is 1. The Bertz CT molecular complexity index is 894. The molecule has 0 saturated carbocycles. The van der Waals surface area contributed by atoms with Crippen LogP contribution in [0.15, 0.2) is 48.7 Å². The number of rotatable bonds is 5. The number of benzene rings is 2. The van der Waals surface area contributed by atoms with Crippen LogP contribution in [0.2, 0.25) is 0 Å². The summed E-state index contributed by atoms with van der Waals surface area (Å²) >= 11 is 0. The van der Waals surface area contributed by atoms with Gasteiger partial charge in [0.1, 0.15) is 0 Å².